The van der Waals surface area contributed by atoms with Gasteiger partial charge in [-0.1, -0.05) is 53.0 Å². The van der Waals surface area contributed by atoms with Crippen molar-refractivity contribution in [2.24, 2.45) is 0 Å². The molecule has 4 heteroatoms. The van der Waals surface area contributed by atoms with E-state index in [9.17, 15) is 5.11 Å². The van der Waals surface area contributed by atoms with Gasteiger partial charge in [-0.05, 0) is 23.5 Å². The molecule has 0 spiro atoms. The third kappa shape index (κ3) is 9.20. The quantitative estimate of drug-likeness (QED) is 0.697. The molecular weight excluding hydrogens is 334 g/mol. The highest BCUT2D eigenvalue weighted by molar-refractivity contribution is 5.25. The first kappa shape index (κ1) is 26.1. The van der Waals surface area contributed by atoms with Gasteiger partial charge in [0.25, 0.3) is 0 Å². The van der Waals surface area contributed by atoms with Gasteiger partial charge in [0.15, 0.2) is 0 Å². The molecule has 27 heavy (non-hydrogen) atoms. The van der Waals surface area contributed by atoms with E-state index in [0.29, 0.717) is 5.92 Å². The van der Waals surface area contributed by atoms with Crippen LogP contribution in [-0.2, 0) is 6.54 Å². The van der Waals surface area contributed by atoms with Gasteiger partial charge < -0.3 is 9.59 Å². The zero-order valence-corrected chi connectivity index (χ0v) is 16.9. The van der Waals surface area contributed by atoms with Crippen LogP contribution in [0.2, 0.25) is 0 Å². The predicted molar refractivity (Wildman–Crippen MR) is 119 cm³/mol. The van der Waals surface area contributed by atoms with Crippen LogP contribution in [0.1, 0.15) is 52.2 Å². The second-order valence-electron chi connectivity index (χ2n) is 8.75. The topological polar surface area (TPSA) is 26.7 Å². The van der Waals surface area contributed by atoms with E-state index in [1.165, 1.54) is 17.5 Å². The Morgan fingerprint density at radius 3 is 1.96 bits per heavy atom. The van der Waals surface area contributed by atoms with E-state index >= 15 is 0 Å². The van der Waals surface area contributed by atoms with E-state index in [-0.39, 0.29) is 21.0 Å². The van der Waals surface area contributed by atoms with Crippen molar-refractivity contribution < 1.29 is 9.59 Å². The number of aliphatic hydroxyl groups is 1. The van der Waals surface area contributed by atoms with E-state index in [1.807, 2.05) is 0 Å². The summed E-state index contributed by atoms with van der Waals surface area (Å²) in [7, 11) is 6.40. The number of aliphatic hydroxyl groups excluding tert-OH is 1. The zero-order chi connectivity index (χ0) is 18.4. The standard InChI is InChI=1S/C21H38N3O.2CH4/c1-6-18(2)20-9-7-19(8-10-20)15-22-11-13-23(14-12-22)16-21(25)17-24(3,4)5;;/h7-10,18,21,25H,6,11-17H2,1-5H3;2*1H4/q+1;;. The molecule has 0 aromatic heterocycles. The molecule has 0 radical (unpaired) electrons. The number of quaternary nitrogens is 1. The fraction of sp³-hybridized carbons (Fsp3) is 0.739. The molecule has 4 nitrogen and oxygen atoms in total. The van der Waals surface area contributed by atoms with Crippen LogP contribution in [0.15, 0.2) is 24.3 Å². The monoisotopic (exact) mass is 380 g/mol. The van der Waals surface area contributed by atoms with Crippen molar-refractivity contribution >= 4 is 0 Å². The fourth-order valence-corrected chi connectivity index (χ4v) is 3.56. The minimum absolute atomic E-state index is 0. The summed E-state index contributed by atoms with van der Waals surface area (Å²) in [4.78, 5) is 4.93. The third-order valence-corrected chi connectivity index (χ3v) is 5.26. The third-order valence-electron chi connectivity index (χ3n) is 5.26. The van der Waals surface area contributed by atoms with Crippen molar-refractivity contribution in [3.63, 3.8) is 0 Å². The summed E-state index contributed by atoms with van der Waals surface area (Å²) in [6.07, 6.45) is 0.959. The predicted octanol–water partition coefficient (Wildman–Crippen LogP) is 3.66. The summed E-state index contributed by atoms with van der Waals surface area (Å²) in [5.74, 6) is 0.649. The van der Waals surface area contributed by atoms with Crippen molar-refractivity contribution in [3.05, 3.63) is 35.4 Å². The van der Waals surface area contributed by atoms with Gasteiger partial charge in [0.2, 0.25) is 0 Å². The Bertz CT molecular complexity index is 501. The molecule has 1 aliphatic heterocycles. The van der Waals surface area contributed by atoms with Crippen LogP contribution in [0, 0.1) is 0 Å². The number of rotatable bonds is 8. The summed E-state index contributed by atoms with van der Waals surface area (Å²) in [5.41, 5.74) is 2.85. The summed E-state index contributed by atoms with van der Waals surface area (Å²) in [6, 6.07) is 9.17. The van der Waals surface area contributed by atoms with Crippen molar-refractivity contribution in [2.75, 3.05) is 60.4 Å². The number of nitrogens with zero attached hydrogens (tertiary/aromatic N) is 3. The van der Waals surface area contributed by atoms with E-state index in [1.54, 1.807) is 0 Å². The second-order valence-corrected chi connectivity index (χ2v) is 8.75. The molecule has 0 saturated carbocycles. The molecule has 1 fully saturated rings. The number of β-amino-alcohol motifs (C(OH)–C–C–N with tert-alkyl or cyclic N) is 1. The SMILES string of the molecule is C.C.CCC(C)c1ccc(CN2CCN(CC(O)C[N+](C)(C)C)CC2)cc1. The summed E-state index contributed by atoms with van der Waals surface area (Å²) in [6.45, 7) is 11.5. The lowest BCUT2D eigenvalue weighted by atomic mass is 9.97. The molecule has 1 N–H and O–H groups in total. The maximum absolute atomic E-state index is 10.3. The molecule has 1 aliphatic rings. The minimum atomic E-state index is -0.236. The number of likely N-dealkylation sites (N-methyl/N-ethyl adjacent to an activating group) is 1. The summed E-state index contributed by atoms with van der Waals surface area (Å²) in [5, 5.41) is 10.3. The maximum atomic E-state index is 10.3. The van der Waals surface area contributed by atoms with Crippen molar-refractivity contribution in [1.82, 2.24) is 9.80 Å². The van der Waals surface area contributed by atoms with Crippen LogP contribution in [0.4, 0.5) is 0 Å². The first-order valence-corrected chi connectivity index (χ1v) is 9.79. The Morgan fingerprint density at radius 2 is 1.48 bits per heavy atom. The minimum Gasteiger partial charge on any atom is -0.386 e. The van der Waals surface area contributed by atoms with Gasteiger partial charge in [0.05, 0.1) is 21.1 Å². The highest BCUT2D eigenvalue weighted by Gasteiger charge is 2.22. The van der Waals surface area contributed by atoms with Crippen LogP contribution in [0.25, 0.3) is 0 Å². The smallest absolute Gasteiger partial charge is 0.115 e. The maximum Gasteiger partial charge on any atom is 0.115 e. The van der Waals surface area contributed by atoms with Gasteiger partial charge in [-0.3, -0.25) is 9.80 Å². The molecule has 2 unspecified atom stereocenters. The number of benzene rings is 1. The first-order valence-electron chi connectivity index (χ1n) is 9.79. The molecule has 1 heterocycles. The molecule has 0 aliphatic carbocycles. The lowest BCUT2D eigenvalue weighted by Crippen LogP contribution is -2.51. The molecule has 2 atom stereocenters. The van der Waals surface area contributed by atoms with Gasteiger partial charge in [0, 0.05) is 39.3 Å². The van der Waals surface area contributed by atoms with E-state index in [0.717, 1.165) is 50.3 Å². The normalized spacial score (nSPS) is 18.3. The Morgan fingerprint density at radius 1 is 0.963 bits per heavy atom. The fourth-order valence-electron chi connectivity index (χ4n) is 3.56. The van der Waals surface area contributed by atoms with Crippen molar-refractivity contribution in [2.45, 2.75) is 53.7 Å². The van der Waals surface area contributed by atoms with E-state index in [2.05, 4.69) is 69.1 Å². The first-order chi connectivity index (χ1) is 11.8. The Hall–Kier alpha value is -0.940. The molecular formula is C23H46N3O+. The zero-order valence-electron chi connectivity index (χ0n) is 16.9. The summed E-state index contributed by atoms with van der Waals surface area (Å²) < 4.78 is 0.813. The van der Waals surface area contributed by atoms with Gasteiger partial charge in [-0.15, -0.1) is 0 Å². The summed E-state index contributed by atoms with van der Waals surface area (Å²) >= 11 is 0. The molecule has 2 rings (SSSR count). The highest BCUT2D eigenvalue weighted by Crippen LogP contribution is 2.19. The van der Waals surface area contributed by atoms with Crippen molar-refractivity contribution in [1.29, 1.82) is 0 Å². The average Bonchev–Trinajstić information content (AvgIpc) is 2.55. The van der Waals surface area contributed by atoms with Gasteiger partial charge in [-0.2, -0.15) is 0 Å². The van der Waals surface area contributed by atoms with Gasteiger partial charge >= 0.3 is 0 Å². The molecule has 158 valence electrons. The molecule has 1 aromatic carbocycles. The average molecular weight is 381 g/mol. The largest absolute Gasteiger partial charge is 0.386 e. The Labute approximate surface area is 169 Å². The van der Waals surface area contributed by atoms with Gasteiger partial charge in [0.1, 0.15) is 12.6 Å². The van der Waals surface area contributed by atoms with Gasteiger partial charge in [-0.25, -0.2) is 0 Å². The van der Waals surface area contributed by atoms with Crippen molar-refractivity contribution in [3.8, 4) is 0 Å². The van der Waals surface area contributed by atoms with E-state index in [4.69, 9.17) is 0 Å². The lowest BCUT2D eigenvalue weighted by molar-refractivity contribution is -0.873. The molecule has 1 saturated heterocycles. The number of hydrogen-bond donors (Lipinski definition) is 1. The lowest BCUT2D eigenvalue weighted by Gasteiger charge is -2.36. The molecule has 1 aromatic rings. The van der Waals surface area contributed by atoms with Crippen LogP contribution < -0.4 is 0 Å². The molecule has 0 amide bonds. The number of hydrogen-bond acceptors (Lipinski definition) is 3. The highest BCUT2D eigenvalue weighted by atomic mass is 16.3. The Kier molecular flexibility index (Phi) is 11.4. The second kappa shape index (κ2) is 11.8. The van der Waals surface area contributed by atoms with Crippen LogP contribution in [-0.4, -0.2) is 85.9 Å². The number of piperazine rings is 1. The Balaban J connectivity index is 0.00000338. The van der Waals surface area contributed by atoms with Crippen LogP contribution in [0.3, 0.4) is 0 Å². The van der Waals surface area contributed by atoms with Crippen LogP contribution >= 0.6 is 0 Å². The van der Waals surface area contributed by atoms with E-state index < -0.39 is 0 Å². The van der Waals surface area contributed by atoms with Crippen LogP contribution in [0.5, 0.6) is 0 Å². The molecule has 0 bridgehead atoms.